The van der Waals surface area contributed by atoms with Crippen molar-refractivity contribution in [3.05, 3.63) is 109 Å². The van der Waals surface area contributed by atoms with Crippen LogP contribution in [0, 0.1) is 0 Å². The number of carbonyl (C=O) groups is 2. The molecule has 40 heavy (non-hydrogen) atoms. The van der Waals surface area contributed by atoms with Gasteiger partial charge in [0, 0.05) is 16.5 Å². The highest BCUT2D eigenvalue weighted by Crippen LogP contribution is 2.32. The Morgan fingerprint density at radius 3 is 2.42 bits per heavy atom. The zero-order valence-electron chi connectivity index (χ0n) is 22.2. The van der Waals surface area contributed by atoms with E-state index < -0.39 is 18.0 Å². The summed E-state index contributed by atoms with van der Waals surface area (Å²) >= 11 is 2.82. The number of carboxylic acid groups (broad SMARTS) is 1. The van der Waals surface area contributed by atoms with E-state index >= 15 is 0 Å². The van der Waals surface area contributed by atoms with Gasteiger partial charge in [-0.25, -0.2) is 14.6 Å². The average molecular weight is 575 g/mol. The number of esters is 1. The molecular formula is C30H26N2O6S2. The van der Waals surface area contributed by atoms with Crippen molar-refractivity contribution in [1.82, 2.24) is 4.57 Å². The van der Waals surface area contributed by atoms with E-state index in [2.05, 4.69) is 4.99 Å². The summed E-state index contributed by atoms with van der Waals surface area (Å²) in [4.78, 5) is 44.3. The molecule has 0 saturated heterocycles. The maximum atomic E-state index is 13.8. The summed E-state index contributed by atoms with van der Waals surface area (Å²) in [5.74, 6) is -0.513. The van der Waals surface area contributed by atoms with E-state index in [0.29, 0.717) is 37.7 Å². The predicted octanol–water partition coefficient (Wildman–Crippen LogP) is 4.87. The van der Waals surface area contributed by atoms with Gasteiger partial charge < -0.3 is 14.3 Å². The van der Waals surface area contributed by atoms with Crippen LogP contribution in [-0.4, -0.2) is 34.0 Å². The molecule has 1 N–H and O–H groups in total. The lowest BCUT2D eigenvalue weighted by Gasteiger charge is -2.25. The molecule has 0 saturated carbocycles. The molecule has 3 heterocycles. The lowest BCUT2D eigenvalue weighted by molar-refractivity contribution is -0.143. The van der Waals surface area contributed by atoms with E-state index in [1.54, 1.807) is 67.4 Å². The SMILES string of the molecule is CSc1ccc([C@@H]2C(C(=O)OC(C)C)=C(C)N=c3s/c(=C\c4ccc(-c5ccc(C(=O)O)cc5)o4)c(=O)n32)cc1. The van der Waals surface area contributed by atoms with Gasteiger partial charge in [-0.3, -0.25) is 9.36 Å². The Kier molecular flexibility index (Phi) is 7.64. The van der Waals surface area contributed by atoms with Crippen molar-refractivity contribution in [2.75, 3.05) is 6.26 Å². The summed E-state index contributed by atoms with van der Waals surface area (Å²) in [5.41, 5.74) is 2.21. The third-order valence-electron chi connectivity index (χ3n) is 6.33. The number of ether oxygens (including phenoxy) is 1. The number of allylic oxidation sites excluding steroid dienone is 1. The number of thioether (sulfide) groups is 1. The number of hydrogen-bond donors (Lipinski definition) is 1. The summed E-state index contributed by atoms with van der Waals surface area (Å²) in [6.45, 7) is 5.32. The average Bonchev–Trinajstić information content (AvgIpc) is 3.52. The fourth-order valence-corrected chi connectivity index (χ4v) is 5.89. The smallest absolute Gasteiger partial charge is 0.338 e. The number of aromatic carboxylic acids is 1. The molecule has 2 aromatic carbocycles. The van der Waals surface area contributed by atoms with E-state index in [9.17, 15) is 14.4 Å². The van der Waals surface area contributed by atoms with Crippen molar-refractivity contribution in [2.45, 2.75) is 37.8 Å². The van der Waals surface area contributed by atoms with E-state index in [4.69, 9.17) is 14.3 Å². The number of carboxylic acids is 1. The van der Waals surface area contributed by atoms with E-state index in [1.165, 1.54) is 23.5 Å². The summed E-state index contributed by atoms with van der Waals surface area (Å²) < 4.78 is 13.5. The summed E-state index contributed by atoms with van der Waals surface area (Å²) in [6, 6.07) is 16.9. The number of aromatic nitrogens is 1. The second-order valence-electron chi connectivity index (χ2n) is 9.39. The van der Waals surface area contributed by atoms with Gasteiger partial charge in [-0.15, -0.1) is 11.8 Å². The molecule has 1 aliphatic rings. The van der Waals surface area contributed by atoms with Gasteiger partial charge in [0.1, 0.15) is 11.5 Å². The molecular weight excluding hydrogens is 548 g/mol. The first-order valence-electron chi connectivity index (χ1n) is 12.5. The molecule has 5 rings (SSSR count). The first-order valence-corrected chi connectivity index (χ1v) is 14.5. The summed E-state index contributed by atoms with van der Waals surface area (Å²) in [5, 5.41) is 9.13. The second kappa shape index (κ2) is 11.1. The zero-order valence-corrected chi connectivity index (χ0v) is 23.8. The first-order chi connectivity index (χ1) is 19.2. The highest BCUT2D eigenvalue weighted by Gasteiger charge is 2.33. The number of fused-ring (bicyclic) bond motifs is 1. The van der Waals surface area contributed by atoms with E-state index in [1.807, 2.05) is 30.5 Å². The van der Waals surface area contributed by atoms with Crippen LogP contribution in [-0.2, 0) is 9.53 Å². The van der Waals surface area contributed by atoms with Crippen molar-refractivity contribution in [3.8, 4) is 11.3 Å². The van der Waals surface area contributed by atoms with Gasteiger partial charge in [0.05, 0.1) is 33.5 Å². The Labute approximate surface area is 238 Å². The van der Waals surface area contributed by atoms with Crippen LogP contribution in [0.2, 0.25) is 0 Å². The molecule has 0 bridgehead atoms. The van der Waals surface area contributed by atoms with Crippen LogP contribution in [0.1, 0.15) is 48.5 Å². The van der Waals surface area contributed by atoms with Crippen LogP contribution >= 0.6 is 23.1 Å². The van der Waals surface area contributed by atoms with Gasteiger partial charge >= 0.3 is 11.9 Å². The second-order valence-corrected chi connectivity index (χ2v) is 11.3. The fraction of sp³-hybridized carbons (Fsp3) is 0.200. The number of thiazole rings is 1. The van der Waals surface area contributed by atoms with Gasteiger partial charge in [0.15, 0.2) is 4.80 Å². The Morgan fingerprint density at radius 1 is 1.10 bits per heavy atom. The number of furan rings is 1. The van der Waals surface area contributed by atoms with Crippen molar-refractivity contribution < 1.29 is 23.8 Å². The zero-order chi connectivity index (χ0) is 28.6. The standard InChI is InChI=1S/C30H26N2O6S2/c1-16(2)37-29(36)25-17(3)31-30-32(26(25)19-9-12-22(39-4)13-10-19)27(33)24(40-30)15-21-11-14-23(38-21)18-5-7-20(8-6-18)28(34)35/h5-16,26H,1-4H3,(H,34,35)/b24-15-/t26-/m1/s1. The van der Waals surface area contributed by atoms with Gasteiger partial charge in [0.25, 0.3) is 5.56 Å². The Bertz CT molecular complexity index is 1810. The number of nitrogens with zero attached hydrogens (tertiary/aromatic N) is 2. The minimum absolute atomic E-state index is 0.182. The third-order valence-corrected chi connectivity index (χ3v) is 8.06. The molecule has 4 aromatic rings. The monoisotopic (exact) mass is 574 g/mol. The minimum Gasteiger partial charge on any atom is -0.478 e. The van der Waals surface area contributed by atoms with Crippen LogP contribution in [0.4, 0.5) is 0 Å². The molecule has 0 amide bonds. The summed E-state index contributed by atoms with van der Waals surface area (Å²) in [6.07, 6.45) is 3.31. The quantitative estimate of drug-likeness (QED) is 0.248. The van der Waals surface area contributed by atoms with Crippen LogP contribution in [0.5, 0.6) is 0 Å². The first kappa shape index (κ1) is 27.4. The van der Waals surface area contributed by atoms with Gasteiger partial charge in [-0.05, 0) is 69.0 Å². The van der Waals surface area contributed by atoms with Crippen LogP contribution in [0.25, 0.3) is 17.4 Å². The highest BCUT2D eigenvalue weighted by molar-refractivity contribution is 7.98. The van der Waals surface area contributed by atoms with Crippen molar-refractivity contribution in [3.63, 3.8) is 0 Å². The highest BCUT2D eigenvalue weighted by atomic mass is 32.2. The molecule has 10 heteroatoms. The number of carbonyl (C=O) groups excluding carboxylic acids is 1. The Balaban J connectivity index is 1.59. The van der Waals surface area contributed by atoms with Gasteiger partial charge in [-0.1, -0.05) is 35.6 Å². The topological polar surface area (TPSA) is 111 Å². The van der Waals surface area contributed by atoms with Crippen molar-refractivity contribution in [2.24, 2.45) is 4.99 Å². The normalized spacial score (nSPS) is 15.2. The van der Waals surface area contributed by atoms with Crippen molar-refractivity contribution in [1.29, 1.82) is 0 Å². The summed E-state index contributed by atoms with van der Waals surface area (Å²) in [7, 11) is 0. The molecule has 0 aliphatic carbocycles. The van der Waals surface area contributed by atoms with Crippen molar-refractivity contribution >= 4 is 41.1 Å². The molecule has 0 fully saturated rings. The maximum absolute atomic E-state index is 13.8. The Hall–Kier alpha value is -4.15. The third kappa shape index (κ3) is 5.32. The molecule has 1 atom stereocenters. The van der Waals surface area contributed by atoms with E-state index in [0.717, 1.165) is 10.5 Å². The fourth-order valence-electron chi connectivity index (χ4n) is 4.45. The lowest BCUT2D eigenvalue weighted by atomic mass is 9.96. The van der Waals surface area contributed by atoms with Crippen LogP contribution < -0.4 is 14.9 Å². The van der Waals surface area contributed by atoms with E-state index in [-0.39, 0.29) is 17.2 Å². The van der Waals surface area contributed by atoms with Crippen LogP contribution in [0.3, 0.4) is 0 Å². The molecule has 2 aromatic heterocycles. The lowest BCUT2D eigenvalue weighted by Crippen LogP contribution is -2.40. The minimum atomic E-state index is -1.00. The van der Waals surface area contributed by atoms with Crippen LogP contribution in [0.15, 0.2) is 91.0 Å². The molecule has 8 nitrogen and oxygen atoms in total. The Morgan fingerprint density at radius 2 is 1.80 bits per heavy atom. The maximum Gasteiger partial charge on any atom is 0.338 e. The predicted molar refractivity (Wildman–Crippen MR) is 154 cm³/mol. The number of benzene rings is 2. The largest absolute Gasteiger partial charge is 0.478 e. The molecule has 204 valence electrons. The number of rotatable bonds is 7. The van der Waals surface area contributed by atoms with Gasteiger partial charge in [0.2, 0.25) is 0 Å². The molecule has 1 aliphatic heterocycles. The molecule has 0 spiro atoms. The molecule has 0 unspecified atom stereocenters. The number of hydrogen-bond acceptors (Lipinski definition) is 8. The van der Waals surface area contributed by atoms with Gasteiger partial charge in [-0.2, -0.15) is 0 Å². The molecule has 0 radical (unpaired) electrons.